The number of carboxylic acids is 1. The number of hydrogen-bond donors (Lipinski definition) is 13. The third-order valence-corrected chi connectivity index (χ3v) is 8.50. The zero-order chi connectivity index (χ0) is 42.7. The van der Waals surface area contributed by atoms with E-state index in [1.54, 1.807) is 13.8 Å². The lowest BCUT2D eigenvalue weighted by atomic mass is 9.96. The number of nitrogens with zero attached hydrogens (tertiary/aromatic N) is 1. The monoisotopic (exact) mass is 793 g/mol. The van der Waals surface area contributed by atoms with Gasteiger partial charge >= 0.3 is 5.97 Å². The van der Waals surface area contributed by atoms with Crippen molar-refractivity contribution in [2.75, 3.05) is 6.54 Å². The fourth-order valence-electron chi connectivity index (χ4n) is 5.10. The van der Waals surface area contributed by atoms with Gasteiger partial charge in [-0.15, -0.1) is 0 Å². The van der Waals surface area contributed by atoms with Crippen LogP contribution in [0.25, 0.3) is 0 Å². The predicted octanol–water partition coefficient (Wildman–Crippen LogP) is -4.61. The van der Waals surface area contributed by atoms with Gasteiger partial charge in [0, 0.05) is 19.4 Å². The van der Waals surface area contributed by atoms with Crippen LogP contribution in [0.1, 0.15) is 64.9 Å². The van der Waals surface area contributed by atoms with Gasteiger partial charge in [0.2, 0.25) is 41.4 Å². The Morgan fingerprint density at radius 3 is 1.77 bits per heavy atom. The number of aromatic hydroxyl groups is 1. The summed E-state index contributed by atoms with van der Waals surface area (Å²) in [6.07, 6.45) is -2.66. The smallest absolute Gasteiger partial charge is 0.326 e. The number of phenolic OH excluding ortho intramolecular Hbond substituents is 1. The Balaban J connectivity index is 3.22. The van der Waals surface area contributed by atoms with Gasteiger partial charge < -0.3 is 70.6 Å². The lowest BCUT2D eigenvalue weighted by molar-refractivity contribution is -0.142. The van der Waals surface area contributed by atoms with Gasteiger partial charge in [-0.25, -0.2) is 4.79 Å². The molecule has 0 saturated heterocycles. The number of carboxylic acid groups (broad SMARTS) is 1. The van der Waals surface area contributed by atoms with Crippen LogP contribution < -0.4 is 55.3 Å². The van der Waals surface area contributed by atoms with E-state index in [2.05, 4.69) is 31.6 Å². The number of aliphatic imine (C=N–C) groups is 1. The minimum absolute atomic E-state index is 0.0464. The highest BCUT2D eigenvalue weighted by molar-refractivity contribution is 5.98. The number of phenols is 1. The standard InChI is InChI=1S/C34H55N11O11/c1-4-16(2)26(31(53)43-23(33(55)56)14-18-7-9-19(47)10-8-18)44-29(51)21(11-12-24(36)48)41-32(54)27(17(3)46)45-30(52)22(15-25(37)49)42-28(50)20(35)6-5-13-40-34(38)39/h7-10,16-17,20-23,26-27,46-47H,4-6,11-15,35H2,1-3H3,(H2,36,48)(H2,37,49)(H,41,54)(H,42,50)(H,43,53)(H,44,51)(H,45,52)(H,55,56)(H4,38,39,40)/t16-,17+,20-,21-,22-,23-,26-,27-/m0/s1. The first-order valence-corrected chi connectivity index (χ1v) is 17.7. The van der Waals surface area contributed by atoms with Gasteiger partial charge in [-0.3, -0.25) is 38.6 Å². The summed E-state index contributed by atoms with van der Waals surface area (Å²) in [5.74, 6) is -9.03. The molecule has 0 heterocycles. The molecular weight excluding hydrogens is 738 g/mol. The molecule has 0 saturated carbocycles. The minimum Gasteiger partial charge on any atom is -0.508 e. The Kier molecular flexibility index (Phi) is 20.3. The summed E-state index contributed by atoms with van der Waals surface area (Å²) < 4.78 is 0. The van der Waals surface area contributed by atoms with Crippen molar-refractivity contribution < 1.29 is 53.7 Å². The average molecular weight is 794 g/mol. The number of aliphatic carboxylic acids is 1. The van der Waals surface area contributed by atoms with Crippen molar-refractivity contribution in [1.29, 1.82) is 0 Å². The molecule has 1 rings (SSSR count). The topological polar surface area (TPSA) is 400 Å². The number of amides is 7. The zero-order valence-electron chi connectivity index (χ0n) is 31.5. The molecule has 1 aromatic rings. The summed E-state index contributed by atoms with van der Waals surface area (Å²) in [4.78, 5) is 106. The van der Waals surface area contributed by atoms with E-state index in [-0.39, 0.29) is 31.1 Å². The second-order valence-corrected chi connectivity index (χ2v) is 13.2. The van der Waals surface area contributed by atoms with E-state index >= 15 is 0 Å². The van der Waals surface area contributed by atoms with Crippen LogP contribution in [0, 0.1) is 5.92 Å². The van der Waals surface area contributed by atoms with E-state index < -0.39 is 115 Å². The van der Waals surface area contributed by atoms with E-state index in [4.69, 9.17) is 28.7 Å². The molecule has 312 valence electrons. The van der Waals surface area contributed by atoms with E-state index in [0.717, 1.165) is 6.92 Å². The first-order valence-electron chi connectivity index (χ1n) is 17.7. The Labute approximate surface area is 323 Å². The van der Waals surface area contributed by atoms with Crippen LogP contribution in [0.2, 0.25) is 0 Å². The van der Waals surface area contributed by atoms with Crippen molar-refractivity contribution in [2.45, 2.75) is 108 Å². The SMILES string of the molecule is CC[C@H](C)[C@H](NC(=O)[C@H](CCC(N)=O)NC(=O)[C@@H](NC(=O)[C@H](CC(N)=O)NC(=O)[C@@H](N)CCCN=C(N)N)[C@@H](C)O)C(=O)N[C@@H](Cc1ccc(O)cc1)C(=O)O. The highest BCUT2D eigenvalue weighted by Gasteiger charge is 2.36. The zero-order valence-corrected chi connectivity index (χ0v) is 31.5. The van der Waals surface area contributed by atoms with Crippen LogP contribution in [-0.4, -0.2) is 117 Å². The van der Waals surface area contributed by atoms with E-state index in [1.165, 1.54) is 24.3 Å². The molecule has 56 heavy (non-hydrogen) atoms. The normalized spacial score (nSPS) is 15.2. The molecule has 22 nitrogen and oxygen atoms in total. The molecule has 18 N–H and O–H groups in total. The maximum Gasteiger partial charge on any atom is 0.326 e. The van der Waals surface area contributed by atoms with E-state index in [0.29, 0.717) is 18.4 Å². The third-order valence-electron chi connectivity index (χ3n) is 8.50. The number of hydrogen-bond acceptors (Lipinski definition) is 12. The Morgan fingerprint density at radius 1 is 0.714 bits per heavy atom. The van der Waals surface area contributed by atoms with Gasteiger partial charge in [0.25, 0.3) is 0 Å². The maximum atomic E-state index is 13.6. The molecule has 1 aromatic carbocycles. The molecule has 0 aliphatic heterocycles. The largest absolute Gasteiger partial charge is 0.508 e. The predicted molar refractivity (Wildman–Crippen MR) is 200 cm³/mol. The Morgan fingerprint density at radius 2 is 1.25 bits per heavy atom. The number of benzene rings is 1. The third kappa shape index (κ3) is 17.4. The van der Waals surface area contributed by atoms with E-state index in [9.17, 15) is 53.7 Å². The van der Waals surface area contributed by atoms with Gasteiger partial charge in [-0.1, -0.05) is 32.4 Å². The van der Waals surface area contributed by atoms with Crippen LogP contribution in [0.5, 0.6) is 5.75 Å². The number of carbonyl (C=O) groups excluding carboxylic acids is 7. The van der Waals surface area contributed by atoms with Gasteiger partial charge in [-0.05, 0) is 49.8 Å². The number of primary amides is 2. The van der Waals surface area contributed by atoms with Crippen molar-refractivity contribution in [3.05, 3.63) is 29.8 Å². The average Bonchev–Trinajstić information content (AvgIpc) is 3.11. The number of rotatable bonds is 25. The second-order valence-electron chi connectivity index (χ2n) is 13.2. The molecule has 0 radical (unpaired) electrons. The number of aliphatic hydroxyl groups is 1. The van der Waals surface area contributed by atoms with Crippen LogP contribution >= 0.6 is 0 Å². The summed E-state index contributed by atoms with van der Waals surface area (Å²) in [6, 6.07) is -3.33. The summed E-state index contributed by atoms with van der Waals surface area (Å²) >= 11 is 0. The first kappa shape index (κ1) is 48.0. The first-order chi connectivity index (χ1) is 26.2. The molecule has 0 aromatic heterocycles. The van der Waals surface area contributed by atoms with Crippen molar-refractivity contribution in [1.82, 2.24) is 26.6 Å². The highest BCUT2D eigenvalue weighted by Crippen LogP contribution is 2.14. The number of nitrogens with two attached hydrogens (primary N) is 5. The summed E-state index contributed by atoms with van der Waals surface area (Å²) in [5, 5.41) is 41.5. The molecule has 22 heteroatoms. The van der Waals surface area contributed by atoms with Crippen molar-refractivity contribution in [3.8, 4) is 5.75 Å². The van der Waals surface area contributed by atoms with Gasteiger partial charge in [0.15, 0.2) is 5.96 Å². The molecule has 0 unspecified atom stereocenters. The quantitative estimate of drug-likeness (QED) is 0.0252. The molecule has 0 spiro atoms. The molecule has 8 atom stereocenters. The van der Waals surface area contributed by atoms with E-state index in [1.807, 2.05) is 0 Å². The fraction of sp³-hybridized carbons (Fsp3) is 0.559. The number of aliphatic hydroxyl groups excluding tert-OH is 1. The van der Waals surface area contributed by atoms with Crippen LogP contribution in [0.4, 0.5) is 0 Å². The van der Waals surface area contributed by atoms with Crippen molar-refractivity contribution in [3.63, 3.8) is 0 Å². The van der Waals surface area contributed by atoms with Crippen LogP contribution in [0.3, 0.4) is 0 Å². The van der Waals surface area contributed by atoms with Crippen molar-refractivity contribution >= 4 is 53.3 Å². The highest BCUT2D eigenvalue weighted by atomic mass is 16.4. The maximum absolute atomic E-state index is 13.6. The number of carbonyl (C=O) groups is 8. The van der Waals surface area contributed by atoms with Crippen LogP contribution in [0.15, 0.2) is 29.3 Å². The molecule has 0 fully saturated rings. The molecule has 0 bridgehead atoms. The summed E-state index contributed by atoms with van der Waals surface area (Å²) in [6.45, 7) is 4.60. The molecule has 0 aliphatic carbocycles. The minimum atomic E-state index is -1.81. The molecule has 0 aliphatic rings. The summed E-state index contributed by atoms with van der Waals surface area (Å²) in [5.41, 5.74) is 27.5. The summed E-state index contributed by atoms with van der Waals surface area (Å²) in [7, 11) is 0. The van der Waals surface area contributed by atoms with Crippen LogP contribution in [-0.2, 0) is 44.8 Å². The molecule has 7 amide bonds. The molecular formula is C34H55N11O11. The fourth-order valence-corrected chi connectivity index (χ4v) is 5.10. The van der Waals surface area contributed by atoms with Gasteiger partial charge in [0.1, 0.15) is 36.0 Å². The number of guanidine groups is 1. The lowest BCUT2D eigenvalue weighted by Gasteiger charge is -2.29. The Bertz CT molecular complexity index is 1570. The second kappa shape index (κ2) is 23.7. The Hall–Kier alpha value is -6.03. The van der Waals surface area contributed by atoms with Gasteiger partial charge in [-0.2, -0.15) is 0 Å². The van der Waals surface area contributed by atoms with Crippen molar-refractivity contribution in [2.24, 2.45) is 39.6 Å². The van der Waals surface area contributed by atoms with Gasteiger partial charge in [0.05, 0.1) is 18.6 Å². The lowest BCUT2D eigenvalue weighted by Crippen LogP contribution is -2.62. The number of nitrogens with one attached hydrogen (secondary N) is 5.